The highest BCUT2D eigenvalue weighted by molar-refractivity contribution is 6.08. The van der Waals surface area contributed by atoms with Crippen molar-refractivity contribution in [3.8, 4) is 5.75 Å². The quantitative estimate of drug-likeness (QED) is 0.175. The molecule has 4 aromatic rings. The van der Waals surface area contributed by atoms with Gasteiger partial charge in [-0.05, 0) is 95.7 Å². The van der Waals surface area contributed by atoms with Crippen LogP contribution in [-0.2, 0) is 9.59 Å². The number of hydrogen-bond acceptors (Lipinski definition) is 9. The Hall–Kier alpha value is -5.11. The summed E-state index contributed by atoms with van der Waals surface area (Å²) in [5, 5.41) is 14.0. The minimum atomic E-state index is -0.501. The number of halogens is 1. The van der Waals surface area contributed by atoms with Crippen LogP contribution in [0.25, 0.3) is 10.9 Å². The molecule has 3 N–H and O–H groups in total. The van der Waals surface area contributed by atoms with Crippen molar-refractivity contribution in [2.45, 2.75) is 115 Å². The molecule has 13 nitrogen and oxygen atoms in total. The molecule has 0 radical (unpaired) electrons. The smallest absolute Gasteiger partial charge is 0.274 e. The molecule has 2 saturated carbocycles. The number of carbonyl (C=O) groups is 3. The summed E-state index contributed by atoms with van der Waals surface area (Å²) in [4.78, 5) is 55.3. The van der Waals surface area contributed by atoms with E-state index in [0.29, 0.717) is 41.2 Å². The Morgan fingerprint density at radius 1 is 0.982 bits per heavy atom. The molecule has 8 rings (SSSR count). The van der Waals surface area contributed by atoms with Gasteiger partial charge in [0.1, 0.15) is 11.4 Å². The van der Waals surface area contributed by atoms with Gasteiger partial charge in [0.15, 0.2) is 11.6 Å². The van der Waals surface area contributed by atoms with Crippen LogP contribution >= 0.6 is 0 Å². The van der Waals surface area contributed by atoms with Gasteiger partial charge in [0, 0.05) is 61.6 Å². The number of nitrogens with zero attached hydrogens (tertiary/aromatic N) is 5. The van der Waals surface area contributed by atoms with Gasteiger partial charge in [-0.2, -0.15) is 5.10 Å². The van der Waals surface area contributed by atoms with Gasteiger partial charge in [-0.3, -0.25) is 29.2 Å². The summed E-state index contributed by atoms with van der Waals surface area (Å²) in [5.41, 5.74) is 1.88. The second kappa shape index (κ2) is 16.7. The number of rotatable bonds is 9. The van der Waals surface area contributed by atoms with E-state index in [2.05, 4.69) is 25.6 Å². The van der Waals surface area contributed by atoms with E-state index in [9.17, 15) is 23.6 Å². The molecule has 3 amide bonds. The summed E-state index contributed by atoms with van der Waals surface area (Å²) in [6, 6.07) is 9.65. The molecule has 292 valence electrons. The van der Waals surface area contributed by atoms with Crippen LogP contribution < -0.4 is 31.1 Å². The highest BCUT2D eigenvalue weighted by Gasteiger charge is 2.30. The second-order valence-corrected chi connectivity index (χ2v) is 15.4. The van der Waals surface area contributed by atoms with Gasteiger partial charge in [-0.15, -0.1) is 0 Å². The Morgan fingerprint density at radius 2 is 1.75 bits per heavy atom. The number of hydrogen-bond donors (Lipinski definition) is 3. The second-order valence-electron chi connectivity index (χ2n) is 15.4. The van der Waals surface area contributed by atoms with Crippen LogP contribution in [0.2, 0.25) is 0 Å². The average molecular weight is 755 g/mol. The highest BCUT2D eigenvalue weighted by Crippen LogP contribution is 2.34. The number of aromatic nitrogens is 4. The van der Waals surface area contributed by atoms with Crippen LogP contribution in [0.15, 0.2) is 53.7 Å². The van der Waals surface area contributed by atoms with E-state index in [0.717, 1.165) is 62.5 Å². The fraction of sp³-hybridized carbons (Fsp3) is 0.512. The number of nitrogens with one attached hydrogen (secondary N) is 3. The molecule has 1 atom stereocenters. The molecule has 2 saturated heterocycles. The Morgan fingerprint density at radius 3 is 2.42 bits per heavy atom. The first-order chi connectivity index (χ1) is 26.6. The SMILES string of the molecule is CC(C)Oc1cc2nn(C3CCCCC3)cc2cc1C(=O)Nc1cccn(C2CC2)c1=O.CNC1CCN(c2ncc(C3CCC(=O)NC3=O)cc2F)CC1. The van der Waals surface area contributed by atoms with Gasteiger partial charge >= 0.3 is 0 Å². The molecular weight excluding hydrogens is 704 g/mol. The van der Waals surface area contributed by atoms with Crippen molar-refractivity contribution in [3.05, 3.63) is 76.2 Å². The highest BCUT2D eigenvalue weighted by atomic mass is 19.1. The first-order valence-electron chi connectivity index (χ1n) is 19.7. The maximum absolute atomic E-state index is 14.5. The van der Waals surface area contributed by atoms with E-state index in [1.54, 1.807) is 29.1 Å². The van der Waals surface area contributed by atoms with E-state index in [-0.39, 0.29) is 47.5 Å². The molecule has 5 heterocycles. The van der Waals surface area contributed by atoms with Crippen molar-refractivity contribution in [3.63, 3.8) is 0 Å². The van der Waals surface area contributed by atoms with Crippen LogP contribution in [0.4, 0.5) is 15.9 Å². The normalized spacial score (nSPS) is 19.6. The van der Waals surface area contributed by atoms with Crippen molar-refractivity contribution >= 4 is 40.1 Å². The maximum atomic E-state index is 14.5. The Bertz CT molecular complexity index is 2100. The largest absolute Gasteiger partial charge is 0.490 e. The maximum Gasteiger partial charge on any atom is 0.274 e. The lowest BCUT2D eigenvalue weighted by Crippen LogP contribution is -2.42. The van der Waals surface area contributed by atoms with Crippen LogP contribution in [0.3, 0.4) is 0 Å². The Kier molecular flexibility index (Phi) is 11.6. The monoisotopic (exact) mass is 754 g/mol. The summed E-state index contributed by atoms with van der Waals surface area (Å²) in [7, 11) is 1.94. The third-order valence-corrected chi connectivity index (χ3v) is 11.0. The third-order valence-electron chi connectivity index (χ3n) is 11.0. The van der Waals surface area contributed by atoms with Crippen molar-refractivity contribution in [2.75, 3.05) is 30.4 Å². The molecule has 3 aromatic heterocycles. The lowest BCUT2D eigenvalue weighted by atomic mass is 9.91. The van der Waals surface area contributed by atoms with E-state index >= 15 is 0 Å². The van der Waals surface area contributed by atoms with Gasteiger partial charge in [0.05, 0.1) is 29.1 Å². The number of benzene rings is 1. The number of imide groups is 1. The van der Waals surface area contributed by atoms with Gasteiger partial charge < -0.3 is 24.8 Å². The Labute approximate surface area is 320 Å². The third kappa shape index (κ3) is 8.90. The lowest BCUT2D eigenvalue weighted by molar-refractivity contribution is -0.134. The van der Waals surface area contributed by atoms with Crippen LogP contribution in [0, 0.1) is 5.82 Å². The lowest BCUT2D eigenvalue weighted by Gasteiger charge is -2.33. The molecule has 4 fully saturated rings. The van der Waals surface area contributed by atoms with E-state index in [1.165, 1.54) is 25.3 Å². The number of ether oxygens (including phenoxy) is 1. The van der Waals surface area contributed by atoms with Crippen LogP contribution in [0.5, 0.6) is 5.75 Å². The topological polar surface area (TPSA) is 152 Å². The number of carbonyl (C=O) groups excluding carboxylic acids is 3. The standard InChI is InChI=1S/C25H30N4O3.C16H21FN4O2/c1-16(2)32-23-14-22-17(15-29(27-22)19-7-4-3-5-8-19)13-20(23)24(30)26-21-9-6-12-28(25(21)31)18-10-11-18;1-18-11-4-6-21(7-5-11)15-13(17)8-10(9-19-15)12-2-3-14(22)20-16(12)23/h6,9,12-16,18-19H,3-5,7-8,10-11H2,1-2H3,(H,26,30);8-9,11-12,18H,2-7H2,1H3,(H,20,22,23). The fourth-order valence-electron chi connectivity index (χ4n) is 7.83. The zero-order valence-corrected chi connectivity index (χ0v) is 31.9. The molecule has 1 unspecified atom stereocenters. The summed E-state index contributed by atoms with van der Waals surface area (Å²) < 4.78 is 24.2. The molecule has 0 bridgehead atoms. The molecule has 1 aromatic carbocycles. The molecule has 4 aliphatic rings. The van der Waals surface area contributed by atoms with Crippen molar-refractivity contribution < 1.29 is 23.5 Å². The molecule has 14 heteroatoms. The number of fused-ring (bicyclic) bond motifs is 1. The summed E-state index contributed by atoms with van der Waals surface area (Å²) >= 11 is 0. The minimum absolute atomic E-state index is 0.0942. The minimum Gasteiger partial charge on any atom is -0.490 e. The zero-order chi connectivity index (χ0) is 38.6. The first-order valence-corrected chi connectivity index (χ1v) is 19.7. The number of amides is 3. The van der Waals surface area contributed by atoms with E-state index in [1.807, 2.05) is 44.1 Å². The first kappa shape index (κ1) is 38.2. The summed E-state index contributed by atoms with van der Waals surface area (Å²) in [6.45, 7) is 5.37. The Balaban J connectivity index is 0.000000179. The molecular formula is C41H51FN8O5. The molecule has 2 aliphatic carbocycles. The van der Waals surface area contributed by atoms with Crippen molar-refractivity contribution in [1.82, 2.24) is 30.0 Å². The van der Waals surface area contributed by atoms with E-state index in [4.69, 9.17) is 9.84 Å². The predicted molar refractivity (Wildman–Crippen MR) is 208 cm³/mol. The average Bonchev–Trinajstić information content (AvgIpc) is 3.94. The number of piperidine rings is 2. The number of anilines is 2. The molecule has 0 spiro atoms. The van der Waals surface area contributed by atoms with Gasteiger partial charge in [-0.25, -0.2) is 9.37 Å². The van der Waals surface area contributed by atoms with Crippen molar-refractivity contribution in [2.24, 2.45) is 0 Å². The number of pyridine rings is 2. The van der Waals surface area contributed by atoms with Gasteiger partial charge in [0.25, 0.3) is 11.5 Å². The van der Waals surface area contributed by atoms with Gasteiger partial charge in [0.2, 0.25) is 11.8 Å². The van der Waals surface area contributed by atoms with E-state index < -0.39 is 11.7 Å². The molecule has 2 aliphatic heterocycles. The molecule has 55 heavy (non-hydrogen) atoms. The fourth-order valence-corrected chi connectivity index (χ4v) is 7.83. The summed E-state index contributed by atoms with van der Waals surface area (Å²) in [5.74, 6) is -1.07. The van der Waals surface area contributed by atoms with Crippen LogP contribution in [0.1, 0.15) is 118 Å². The summed E-state index contributed by atoms with van der Waals surface area (Å²) in [6.07, 6.45) is 15.9. The predicted octanol–water partition coefficient (Wildman–Crippen LogP) is 6.01. The van der Waals surface area contributed by atoms with Gasteiger partial charge in [-0.1, -0.05) is 19.3 Å². The van der Waals surface area contributed by atoms with Crippen molar-refractivity contribution in [1.29, 1.82) is 0 Å². The zero-order valence-electron chi connectivity index (χ0n) is 31.9. The van der Waals surface area contributed by atoms with Crippen LogP contribution in [-0.4, -0.2) is 69.3 Å².